The maximum Gasteiger partial charge on any atom is 0.409 e. The molecule has 1 amide bonds. The normalized spacial score (nSPS) is 29.5. The van der Waals surface area contributed by atoms with E-state index in [0.29, 0.717) is 19.7 Å². The molecule has 0 aromatic rings. The van der Waals surface area contributed by atoms with Crippen LogP contribution in [0.5, 0.6) is 0 Å². The molecule has 3 rings (SSSR count). The maximum absolute atomic E-state index is 12.5. The van der Waals surface area contributed by atoms with Gasteiger partial charge in [0.05, 0.1) is 19.1 Å². The number of ether oxygens (including phenoxy) is 3. The molecule has 1 aliphatic carbocycles. The largest absolute Gasteiger partial charge is 0.469 e. The summed E-state index contributed by atoms with van der Waals surface area (Å²) in [5.41, 5.74) is 0.00367. The van der Waals surface area contributed by atoms with Crippen LogP contribution in [0.3, 0.4) is 0 Å². The van der Waals surface area contributed by atoms with Gasteiger partial charge in [-0.05, 0) is 38.5 Å². The summed E-state index contributed by atoms with van der Waals surface area (Å²) in [6.07, 6.45) is 8.23. The van der Waals surface area contributed by atoms with E-state index in [4.69, 9.17) is 14.2 Å². The summed E-state index contributed by atoms with van der Waals surface area (Å²) >= 11 is 0. The first-order valence-electron chi connectivity index (χ1n) is 9.26. The molecule has 3 aliphatic rings. The van der Waals surface area contributed by atoms with Gasteiger partial charge in [-0.25, -0.2) is 4.79 Å². The van der Waals surface area contributed by atoms with Crippen LogP contribution in [0.15, 0.2) is 0 Å². The predicted octanol–water partition coefficient (Wildman–Crippen LogP) is 2.75. The summed E-state index contributed by atoms with van der Waals surface area (Å²) < 4.78 is 16.4. The lowest BCUT2D eigenvalue weighted by molar-refractivity contribution is -0.147. The molecule has 3 fully saturated rings. The number of hydrogen-bond acceptors (Lipinski definition) is 5. The molecule has 0 aromatic carbocycles. The van der Waals surface area contributed by atoms with Crippen LogP contribution in [0.4, 0.5) is 4.79 Å². The molecule has 1 unspecified atom stereocenters. The molecule has 136 valence electrons. The highest BCUT2D eigenvalue weighted by molar-refractivity contribution is 5.74. The van der Waals surface area contributed by atoms with Crippen molar-refractivity contribution in [2.45, 2.75) is 57.5 Å². The lowest BCUT2D eigenvalue weighted by atomic mass is 9.80. The van der Waals surface area contributed by atoms with Gasteiger partial charge in [0.1, 0.15) is 6.61 Å². The average Bonchev–Trinajstić information content (AvgIpc) is 3.31. The van der Waals surface area contributed by atoms with Crippen molar-refractivity contribution in [1.29, 1.82) is 0 Å². The average molecular weight is 339 g/mol. The van der Waals surface area contributed by atoms with E-state index < -0.39 is 0 Å². The van der Waals surface area contributed by atoms with Crippen LogP contribution >= 0.6 is 0 Å². The molecule has 0 radical (unpaired) electrons. The van der Waals surface area contributed by atoms with E-state index in [1.54, 1.807) is 4.90 Å². The Morgan fingerprint density at radius 1 is 1.17 bits per heavy atom. The van der Waals surface area contributed by atoms with Crippen LogP contribution in [-0.2, 0) is 19.0 Å². The lowest BCUT2D eigenvalue weighted by Crippen LogP contribution is -2.45. The van der Waals surface area contributed by atoms with Crippen molar-refractivity contribution in [1.82, 2.24) is 4.90 Å². The van der Waals surface area contributed by atoms with E-state index in [1.165, 1.54) is 20.0 Å². The van der Waals surface area contributed by atoms with E-state index in [-0.39, 0.29) is 29.5 Å². The number of nitrogens with zero attached hydrogens (tertiary/aromatic N) is 1. The van der Waals surface area contributed by atoms with Gasteiger partial charge in [0.15, 0.2) is 0 Å². The molecule has 0 spiro atoms. The number of methoxy groups -OCH3 is 1. The Kier molecular flexibility index (Phi) is 5.64. The highest BCUT2D eigenvalue weighted by Crippen LogP contribution is 2.45. The molecule has 6 nitrogen and oxygen atoms in total. The smallest absolute Gasteiger partial charge is 0.409 e. The Morgan fingerprint density at radius 2 is 1.96 bits per heavy atom. The Hall–Kier alpha value is -1.30. The Morgan fingerprint density at radius 3 is 2.62 bits per heavy atom. The third-order valence-corrected chi connectivity index (χ3v) is 5.91. The van der Waals surface area contributed by atoms with Crippen molar-refractivity contribution < 1.29 is 23.8 Å². The summed E-state index contributed by atoms with van der Waals surface area (Å²) in [7, 11) is 1.39. The molecule has 2 atom stereocenters. The number of likely N-dealkylation sites (tertiary alicyclic amines) is 1. The molecule has 24 heavy (non-hydrogen) atoms. The van der Waals surface area contributed by atoms with Gasteiger partial charge in [-0.15, -0.1) is 0 Å². The van der Waals surface area contributed by atoms with Crippen LogP contribution in [-0.4, -0.2) is 56.5 Å². The zero-order valence-electron chi connectivity index (χ0n) is 14.6. The SMILES string of the molecule is COC(=O)[C@H]1CCCN(C(=O)OCC2(C3CCCO3)CCCC2)C1. The fourth-order valence-corrected chi connectivity index (χ4v) is 4.50. The van der Waals surface area contributed by atoms with E-state index in [2.05, 4.69) is 0 Å². The second-order valence-corrected chi connectivity index (χ2v) is 7.43. The summed E-state index contributed by atoms with van der Waals surface area (Å²) in [4.78, 5) is 25.8. The summed E-state index contributed by atoms with van der Waals surface area (Å²) in [6.45, 7) is 2.32. The van der Waals surface area contributed by atoms with Gasteiger partial charge < -0.3 is 19.1 Å². The zero-order chi connectivity index (χ0) is 17.0. The molecule has 2 heterocycles. The maximum atomic E-state index is 12.5. The Balaban J connectivity index is 1.55. The van der Waals surface area contributed by atoms with Gasteiger partial charge in [-0.3, -0.25) is 4.79 Å². The van der Waals surface area contributed by atoms with Crippen molar-refractivity contribution in [3.63, 3.8) is 0 Å². The van der Waals surface area contributed by atoms with Crippen LogP contribution < -0.4 is 0 Å². The van der Waals surface area contributed by atoms with Crippen molar-refractivity contribution in [2.75, 3.05) is 33.4 Å². The fraction of sp³-hybridized carbons (Fsp3) is 0.889. The van der Waals surface area contributed by atoms with Crippen molar-refractivity contribution >= 4 is 12.1 Å². The fourth-order valence-electron chi connectivity index (χ4n) is 4.50. The molecule has 2 aliphatic heterocycles. The molecule has 1 saturated carbocycles. The quantitative estimate of drug-likeness (QED) is 0.737. The minimum atomic E-state index is -0.298. The monoisotopic (exact) mass is 339 g/mol. The first-order valence-corrected chi connectivity index (χ1v) is 9.26. The molecule has 6 heteroatoms. The zero-order valence-corrected chi connectivity index (χ0v) is 14.6. The van der Waals surface area contributed by atoms with Crippen molar-refractivity contribution in [2.24, 2.45) is 11.3 Å². The number of amides is 1. The highest BCUT2D eigenvalue weighted by Gasteiger charge is 2.45. The molecule has 0 N–H and O–H groups in total. The van der Waals surface area contributed by atoms with Crippen LogP contribution in [0.25, 0.3) is 0 Å². The summed E-state index contributed by atoms with van der Waals surface area (Å²) in [6, 6.07) is 0. The molecule has 0 bridgehead atoms. The third-order valence-electron chi connectivity index (χ3n) is 5.91. The molecule has 0 aromatic heterocycles. The van der Waals surface area contributed by atoms with Gasteiger partial charge in [0.25, 0.3) is 0 Å². The molecular formula is C18H29NO5. The number of esters is 1. The van der Waals surface area contributed by atoms with Gasteiger partial charge in [-0.2, -0.15) is 0 Å². The summed E-state index contributed by atoms with van der Waals surface area (Å²) in [5.74, 6) is -0.464. The van der Waals surface area contributed by atoms with Crippen molar-refractivity contribution in [3.05, 3.63) is 0 Å². The van der Waals surface area contributed by atoms with Gasteiger partial charge in [0.2, 0.25) is 0 Å². The number of carbonyl (C=O) groups excluding carboxylic acids is 2. The highest BCUT2D eigenvalue weighted by atomic mass is 16.6. The lowest BCUT2D eigenvalue weighted by Gasteiger charge is -2.36. The summed E-state index contributed by atoms with van der Waals surface area (Å²) in [5, 5.41) is 0. The minimum absolute atomic E-state index is 0.00367. The van der Waals surface area contributed by atoms with Gasteiger partial charge >= 0.3 is 12.1 Å². The minimum Gasteiger partial charge on any atom is -0.469 e. The van der Waals surface area contributed by atoms with Crippen LogP contribution in [0.2, 0.25) is 0 Å². The first-order chi connectivity index (χ1) is 11.6. The van der Waals surface area contributed by atoms with E-state index >= 15 is 0 Å². The van der Waals surface area contributed by atoms with Gasteiger partial charge in [0, 0.05) is 25.1 Å². The number of piperidine rings is 1. The number of hydrogen-bond donors (Lipinski definition) is 0. The van der Waals surface area contributed by atoms with Crippen LogP contribution in [0.1, 0.15) is 51.4 Å². The second kappa shape index (κ2) is 7.72. The van der Waals surface area contributed by atoms with E-state index in [0.717, 1.165) is 45.1 Å². The van der Waals surface area contributed by atoms with E-state index in [9.17, 15) is 9.59 Å². The Labute approximate surface area is 143 Å². The first kappa shape index (κ1) is 17.5. The third kappa shape index (κ3) is 3.68. The van der Waals surface area contributed by atoms with Crippen molar-refractivity contribution in [3.8, 4) is 0 Å². The van der Waals surface area contributed by atoms with E-state index in [1.807, 2.05) is 0 Å². The predicted molar refractivity (Wildman–Crippen MR) is 87.5 cm³/mol. The Bertz CT molecular complexity index is 454. The second-order valence-electron chi connectivity index (χ2n) is 7.43. The molecule has 2 saturated heterocycles. The van der Waals surface area contributed by atoms with Gasteiger partial charge in [-0.1, -0.05) is 12.8 Å². The standard InChI is InChI=1S/C18H29NO5/c1-22-16(20)14-6-4-10-19(12-14)17(21)24-13-18(8-2-3-9-18)15-7-5-11-23-15/h14-15H,2-13H2,1H3/t14-,15?/m0/s1. The van der Waals surface area contributed by atoms with Crippen LogP contribution in [0, 0.1) is 11.3 Å². The number of rotatable bonds is 4. The topological polar surface area (TPSA) is 65.1 Å². The molecular weight excluding hydrogens is 310 g/mol. The number of carbonyl (C=O) groups is 2.